The van der Waals surface area contributed by atoms with E-state index < -0.39 is 4.92 Å². The van der Waals surface area contributed by atoms with Crippen molar-refractivity contribution in [2.75, 3.05) is 0 Å². The molecule has 8 heteroatoms. The largest absolute Gasteiger partial charge is 0.444 e. The smallest absolute Gasteiger partial charge is 0.269 e. The molecule has 0 aliphatic rings. The van der Waals surface area contributed by atoms with Crippen molar-refractivity contribution >= 4 is 22.8 Å². The topological polar surface area (TPSA) is 82.6 Å². The summed E-state index contributed by atoms with van der Waals surface area (Å²) in [4.78, 5) is 20.4. The molecule has 3 aromatic carbocycles. The lowest BCUT2D eigenvalue weighted by atomic mass is 10.1. The van der Waals surface area contributed by atoms with Gasteiger partial charge in [0.15, 0.2) is 10.6 Å². The average Bonchev–Trinajstić information content (AvgIpc) is 3.23. The van der Waals surface area contributed by atoms with Crippen LogP contribution in [0.5, 0.6) is 10.8 Å². The van der Waals surface area contributed by atoms with E-state index in [1.54, 1.807) is 18.3 Å². The van der Waals surface area contributed by atoms with E-state index in [0.29, 0.717) is 21.4 Å². The van der Waals surface area contributed by atoms with Crippen LogP contribution in [-0.2, 0) is 0 Å². The number of nitro benzene ring substituents is 1. The predicted molar refractivity (Wildman–Crippen MR) is 132 cm³/mol. The van der Waals surface area contributed by atoms with Gasteiger partial charge in [-0.1, -0.05) is 65.9 Å². The van der Waals surface area contributed by atoms with Crippen molar-refractivity contribution in [1.82, 2.24) is 9.55 Å². The van der Waals surface area contributed by atoms with Crippen molar-refractivity contribution < 1.29 is 9.66 Å². The zero-order valence-corrected chi connectivity index (χ0v) is 18.6. The van der Waals surface area contributed by atoms with E-state index in [9.17, 15) is 10.1 Å². The van der Waals surface area contributed by atoms with Gasteiger partial charge in [-0.3, -0.25) is 14.7 Å². The first kappa shape index (κ1) is 21.3. The molecule has 34 heavy (non-hydrogen) atoms. The first-order valence-corrected chi connectivity index (χ1v) is 11.3. The van der Waals surface area contributed by atoms with Gasteiger partial charge in [-0.2, -0.15) is 0 Å². The Hall–Kier alpha value is -4.56. The maximum Gasteiger partial charge on any atom is 0.269 e. The summed E-state index contributed by atoms with van der Waals surface area (Å²) in [7, 11) is 0. The van der Waals surface area contributed by atoms with Crippen molar-refractivity contribution in [2.45, 2.75) is 0 Å². The van der Waals surface area contributed by atoms with Gasteiger partial charge in [0.1, 0.15) is 11.4 Å². The van der Waals surface area contributed by atoms with Crippen LogP contribution in [0.3, 0.4) is 0 Å². The number of hydrogen-bond donors (Lipinski definition) is 0. The van der Waals surface area contributed by atoms with Crippen LogP contribution in [0.25, 0.3) is 16.9 Å². The van der Waals surface area contributed by atoms with E-state index in [0.717, 1.165) is 16.9 Å². The molecule has 0 aliphatic heterocycles. The highest BCUT2D eigenvalue weighted by atomic mass is 32.1. The molecule has 166 valence electrons. The summed E-state index contributed by atoms with van der Waals surface area (Å²) in [6.45, 7) is 0. The Morgan fingerprint density at radius 1 is 0.853 bits per heavy atom. The highest BCUT2D eigenvalue weighted by Gasteiger charge is 2.20. The lowest BCUT2D eigenvalue weighted by Crippen LogP contribution is -2.13. The van der Waals surface area contributed by atoms with Crippen molar-refractivity contribution in [3.8, 4) is 27.8 Å². The molecule has 0 aliphatic carbocycles. The molecule has 5 aromatic rings. The van der Waals surface area contributed by atoms with Gasteiger partial charge in [-0.25, -0.2) is 9.98 Å². The fourth-order valence-corrected chi connectivity index (χ4v) is 4.46. The van der Waals surface area contributed by atoms with Gasteiger partial charge < -0.3 is 4.74 Å². The molecule has 0 bridgehead atoms. The molecule has 7 nitrogen and oxygen atoms in total. The molecular formula is C26H18N4O3S. The van der Waals surface area contributed by atoms with E-state index in [-0.39, 0.29) is 5.69 Å². The SMILES string of the molecule is O=[N+]([O-])c1ccc(Oc2sc(=Nc3ccccn3)n(-c3ccccc3)c2-c2ccccc2)cc1. The first-order valence-electron chi connectivity index (χ1n) is 10.4. The van der Waals surface area contributed by atoms with Crippen LogP contribution in [0.1, 0.15) is 0 Å². The number of nitrogens with zero attached hydrogens (tertiary/aromatic N) is 4. The highest BCUT2D eigenvalue weighted by molar-refractivity contribution is 7.11. The summed E-state index contributed by atoms with van der Waals surface area (Å²) in [5.74, 6) is 1.07. The van der Waals surface area contributed by atoms with E-state index >= 15 is 0 Å². The lowest BCUT2D eigenvalue weighted by Gasteiger charge is -2.11. The molecule has 5 rings (SSSR count). The van der Waals surface area contributed by atoms with E-state index in [1.807, 2.05) is 83.4 Å². The van der Waals surface area contributed by atoms with Crippen LogP contribution in [0, 0.1) is 10.1 Å². The molecule has 0 N–H and O–H groups in total. The number of para-hydroxylation sites is 1. The number of pyridine rings is 1. The lowest BCUT2D eigenvalue weighted by molar-refractivity contribution is -0.384. The summed E-state index contributed by atoms with van der Waals surface area (Å²) in [5, 5.41) is 11.6. The summed E-state index contributed by atoms with van der Waals surface area (Å²) in [5.41, 5.74) is 2.70. The van der Waals surface area contributed by atoms with E-state index in [4.69, 9.17) is 9.73 Å². The van der Waals surface area contributed by atoms with Gasteiger partial charge in [0.25, 0.3) is 5.69 Å². The molecule has 0 amide bonds. The molecule has 2 heterocycles. The minimum absolute atomic E-state index is 0.00648. The van der Waals surface area contributed by atoms with Crippen LogP contribution >= 0.6 is 11.3 Å². The maximum absolute atomic E-state index is 11.0. The molecule has 2 aromatic heterocycles. The Kier molecular flexibility index (Phi) is 5.96. The molecule has 0 spiro atoms. The van der Waals surface area contributed by atoms with Crippen molar-refractivity contribution in [3.63, 3.8) is 0 Å². The standard InChI is InChI=1S/C26H18N4O3S/c31-30(32)21-14-16-22(17-15-21)33-25-24(19-9-3-1-4-10-19)29(20-11-5-2-6-12-20)26(34-25)28-23-13-7-8-18-27-23/h1-18H. The number of rotatable bonds is 6. The fourth-order valence-electron chi connectivity index (χ4n) is 3.43. The van der Waals surface area contributed by atoms with Crippen LogP contribution in [0.15, 0.2) is 114 Å². The Morgan fingerprint density at radius 2 is 1.53 bits per heavy atom. The Labute approximate surface area is 199 Å². The minimum Gasteiger partial charge on any atom is -0.444 e. The van der Waals surface area contributed by atoms with Crippen LogP contribution in [-0.4, -0.2) is 14.5 Å². The molecular weight excluding hydrogens is 448 g/mol. The monoisotopic (exact) mass is 466 g/mol. The van der Waals surface area contributed by atoms with E-state index in [1.165, 1.54) is 23.5 Å². The quantitative estimate of drug-likeness (QED) is 0.210. The molecule has 0 atom stereocenters. The fraction of sp³-hybridized carbons (Fsp3) is 0. The number of nitro groups is 1. The summed E-state index contributed by atoms with van der Waals surface area (Å²) >= 11 is 1.38. The van der Waals surface area contributed by atoms with Gasteiger partial charge >= 0.3 is 0 Å². The van der Waals surface area contributed by atoms with Gasteiger partial charge in [0.2, 0.25) is 5.06 Å². The maximum atomic E-state index is 11.0. The second kappa shape index (κ2) is 9.51. The van der Waals surface area contributed by atoms with Gasteiger partial charge in [-0.15, -0.1) is 0 Å². The Balaban J connectivity index is 1.74. The number of ether oxygens (including phenoxy) is 1. The number of thiazole rings is 1. The van der Waals surface area contributed by atoms with Gasteiger partial charge in [0.05, 0.1) is 4.92 Å². The molecule has 0 saturated carbocycles. The summed E-state index contributed by atoms with van der Waals surface area (Å²) in [6.07, 6.45) is 1.70. The summed E-state index contributed by atoms with van der Waals surface area (Å²) in [6, 6.07) is 31.4. The van der Waals surface area contributed by atoms with Crippen molar-refractivity contribution in [3.05, 3.63) is 124 Å². The highest BCUT2D eigenvalue weighted by Crippen LogP contribution is 2.38. The van der Waals surface area contributed by atoms with Crippen LogP contribution < -0.4 is 9.54 Å². The second-order valence-corrected chi connectivity index (χ2v) is 8.15. The Bertz CT molecular complexity index is 1480. The van der Waals surface area contributed by atoms with Crippen LogP contribution in [0.4, 0.5) is 11.5 Å². The number of benzene rings is 3. The molecule has 0 fully saturated rings. The third-order valence-corrected chi connectivity index (χ3v) is 5.89. The number of non-ortho nitro benzene ring substituents is 1. The second-order valence-electron chi connectivity index (χ2n) is 7.21. The predicted octanol–water partition coefficient (Wildman–Crippen LogP) is 6.53. The zero-order valence-electron chi connectivity index (χ0n) is 17.8. The molecule has 0 unspecified atom stereocenters. The Morgan fingerprint density at radius 3 is 2.18 bits per heavy atom. The normalized spacial score (nSPS) is 11.4. The van der Waals surface area contributed by atoms with Crippen molar-refractivity contribution in [1.29, 1.82) is 0 Å². The summed E-state index contributed by atoms with van der Waals surface area (Å²) < 4.78 is 8.31. The minimum atomic E-state index is -0.433. The van der Waals surface area contributed by atoms with E-state index in [2.05, 4.69) is 4.98 Å². The van der Waals surface area contributed by atoms with Gasteiger partial charge in [-0.05, 0) is 36.4 Å². The number of hydrogen-bond acceptors (Lipinski definition) is 6. The number of aromatic nitrogens is 2. The van der Waals surface area contributed by atoms with Crippen molar-refractivity contribution in [2.24, 2.45) is 4.99 Å². The third kappa shape index (κ3) is 4.48. The molecule has 0 saturated heterocycles. The average molecular weight is 467 g/mol. The first-order chi connectivity index (χ1) is 16.7. The van der Waals surface area contributed by atoms with Crippen LogP contribution in [0.2, 0.25) is 0 Å². The molecule has 0 radical (unpaired) electrons. The zero-order chi connectivity index (χ0) is 23.3. The van der Waals surface area contributed by atoms with Gasteiger partial charge in [0, 0.05) is 29.6 Å². The third-order valence-electron chi connectivity index (χ3n) is 4.97.